The summed E-state index contributed by atoms with van der Waals surface area (Å²) in [6, 6.07) is 0. The van der Waals surface area contributed by atoms with E-state index in [4.69, 9.17) is 4.74 Å². The van der Waals surface area contributed by atoms with Crippen molar-refractivity contribution >= 4 is 34.3 Å². The molecule has 10 heteroatoms. The number of hydrogen-bond donors (Lipinski definition) is 2. The molecule has 0 unspecified atom stereocenters. The van der Waals surface area contributed by atoms with Crippen LogP contribution in [-0.4, -0.2) is 46.4 Å². The van der Waals surface area contributed by atoms with Gasteiger partial charge in [-0.1, -0.05) is 13.8 Å². The Morgan fingerprint density at radius 3 is 2.64 bits per heavy atom. The van der Waals surface area contributed by atoms with Gasteiger partial charge in [0, 0.05) is 17.3 Å². The fourth-order valence-electron chi connectivity index (χ4n) is 1.85. The molecule has 0 aromatic carbocycles. The first-order valence-electron chi connectivity index (χ1n) is 7.35. The van der Waals surface area contributed by atoms with E-state index in [1.165, 1.54) is 37.0 Å². The number of methoxy groups -OCH3 is 1. The van der Waals surface area contributed by atoms with E-state index < -0.39 is 17.8 Å². The monoisotopic (exact) mass is 363 g/mol. The van der Waals surface area contributed by atoms with Crippen LogP contribution in [0, 0.1) is 0 Å². The molecule has 2 aromatic heterocycles. The molecular formula is C15H17N5O4S. The molecule has 0 saturated heterocycles. The average molecular weight is 363 g/mol. The third-order valence-electron chi connectivity index (χ3n) is 3.01. The van der Waals surface area contributed by atoms with Gasteiger partial charge in [0.05, 0.1) is 19.9 Å². The quantitative estimate of drug-likeness (QED) is 0.739. The minimum absolute atomic E-state index is 0.0496. The molecule has 0 bridgehead atoms. The minimum atomic E-state index is -0.559. The van der Waals surface area contributed by atoms with Crippen molar-refractivity contribution < 1.29 is 19.1 Å². The largest absolute Gasteiger partial charge is 0.464 e. The van der Waals surface area contributed by atoms with Gasteiger partial charge in [0.1, 0.15) is 5.69 Å². The predicted molar refractivity (Wildman–Crippen MR) is 90.5 cm³/mol. The van der Waals surface area contributed by atoms with E-state index in [1.807, 2.05) is 13.8 Å². The van der Waals surface area contributed by atoms with E-state index in [9.17, 15) is 14.4 Å². The fourth-order valence-corrected chi connectivity index (χ4v) is 2.82. The molecule has 2 rings (SSSR count). The van der Waals surface area contributed by atoms with Crippen LogP contribution in [0.4, 0.5) is 5.13 Å². The summed E-state index contributed by atoms with van der Waals surface area (Å²) in [5.74, 6) is -1.50. The van der Waals surface area contributed by atoms with Crippen molar-refractivity contribution in [1.82, 2.24) is 20.3 Å². The lowest BCUT2D eigenvalue weighted by atomic mass is 10.1. The number of nitrogens with zero attached hydrogens (tertiary/aromatic N) is 3. The second-order valence-electron chi connectivity index (χ2n) is 5.20. The van der Waals surface area contributed by atoms with Crippen molar-refractivity contribution in [3.05, 3.63) is 34.9 Å². The third-order valence-corrected chi connectivity index (χ3v) is 4.28. The molecule has 0 fully saturated rings. The molecule has 9 nitrogen and oxygen atoms in total. The van der Waals surface area contributed by atoms with Gasteiger partial charge in [-0.3, -0.25) is 14.6 Å². The zero-order chi connectivity index (χ0) is 18.4. The second-order valence-corrected chi connectivity index (χ2v) is 6.23. The Bertz CT molecular complexity index is 775. The number of rotatable bonds is 6. The minimum Gasteiger partial charge on any atom is -0.464 e. The Morgan fingerprint density at radius 2 is 2.04 bits per heavy atom. The summed E-state index contributed by atoms with van der Waals surface area (Å²) in [6.07, 6.45) is 4.12. The number of carbonyl (C=O) groups is 3. The Hall–Kier alpha value is -2.88. The number of amides is 2. The molecule has 2 amide bonds. The van der Waals surface area contributed by atoms with Crippen LogP contribution in [0.2, 0.25) is 0 Å². The molecule has 2 heterocycles. The van der Waals surface area contributed by atoms with Crippen molar-refractivity contribution in [3.63, 3.8) is 0 Å². The topological polar surface area (TPSA) is 123 Å². The number of thiazole rings is 1. The maximum absolute atomic E-state index is 12.0. The predicted octanol–water partition coefficient (Wildman–Crippen LogP) is 1.21. The van der Waals surface area contributed by atoms with Crippen LogP contribution in [0.3, 0.4) is 0 Å². The van der Waals surface area contributed by atoms with Crippen molar-refractivity contribution in [3.8, 4) is 0 Å². The van der Waals surface area contributed by atoms with Crippen LogP contribution in [0.5, 0.6) is 0 Å². The SMILES string of the molecule is COC(=O)c1nc(NC(=O)CNC(=O)c2cnccn2)sc1C(C)C. The lowest BCUT2D eigenvalue weighted by Crippen LogP contribution is -2.33. The first-order chi connectivity index (χ1) is 11.9. The van der Waals surface area contributed by atoms with Gasteiger partial charge in [0.2, 0.25) is 5.91 Å². The summed E-state index contributed by atoms with van der Waals surface area (Å²) < 4.78 is 4.70. The van der Waals surface area contributed by atoms with Crippen molar-refractivity contribution in [2.45, 2.75) is 19.8 Å². The number of anilines is 1. The van der Waals surface area contributed by atoms with Crippen LogP contribution in [0.15, 0.2) is 18.6 Å². The summed E-state index contributed by atoms with van der Waals surface area (Å²) in [5, 5.41) is 5.25. The maximum atomic E-state index is 12.0. The summed E-state index contributed by atoms with van der Waals surface area (Å²) in [5.41, 5.74) is 0.293. The lowest BCUT2D eigenvalue weighted by molar-refractivity contribution is -0.115. The highest BCUT2D eigenvalue weighted by molar-refractivity contribution is 7.16. The van der Waals surface area contributed by atoms with E-state index in [-0.39, 0.29) is 29.0 Å². The Balaban J connectivity index is 1.98. The molecule has 0 atom stereocenters. The van der Waals surface area contributed by atoms with E-state index >= 15 is 0 Å². The van der Waals surface area contributed by atoms with Crippen molar-refractivity contribution in [2.24, 2.45) is 0 Å². The highest BCUT2D eigenvalue weighted by Gasteiger charge is 2.22. The van der Waals surface area contributed by atoms with Gasteiger partial charge in [-0.2, -0.15) is 0 Å². The lowest BCUT2D eigenvalue weighted by Gasteiger charge is -2.04. The molecule has 2 aromatic rings. The van der Waals surface area contributed by atoms with Crippen LogP contribution in [0.1, 0.15) is 45.6 Å². The van der Waals surface area contributed by atoms with Crippen LogP contribution in [-0.2, 0) is 9.53 Å². The zero-order valence-electron chi connectivity index (χ0n) is 13.9. The number of carbonyl (C=O) groups excluding carboxylic acids is 3. The average Bonchev–Trinajstić information content (AvgIpc) is 3.03. The van der Waals surface area contributed by atoms with Gasteiger partial charge in [-0.25, -0.2) is 14.8 Å². The van der Waals surface area contributed by atoms with E-state index in [1.54, 1.807) is 0 Å². The van der Waals surface area contributed by atoms with Gasteiger partial charge in [-0.15, -0.1) is 11.3 Å². The summed E-state index contributed by atoms with van der Waals surface area (Å²) in [7, 11) is 1.27. The van der Waals surface area contributed by atoms with E-state index in [2.05, 4.69) is 25.6 Å². The molecule has 25 heavy (non-hydrogen) atoms. The Morgan fingerprint density at radius 1 is 1.28 bits per heavy atom. The number of nitrogens with one attached hydrogen (secondary N) is 2. The smallest absolute Gasteiger partial charge is 0.357 e. The summed E-state index contributed by atoms with van der Waals surface area (Å²) in [4.78, 5) is 48.0. The number of esters is 1. The zero-order valence-corrected chi connectivity index (χ0v) is 14.7. The Kier molecular flexibility index (Phi) is 6.12. The first kappa shape index (κ1) is 18.5. The molecule has 0 aliphatic heterocycles. The van der Waals surface area contributed by atoms with E-state index in [0.29, 0.717) is 4.88 Å². The van der Waals surface area contributed by atoms with Crippen LogP contribution < -0.4 is 10.6 Å². The molecule has 132 valence electrons. The maximum Gasteiger partial charge on any atom is 0.357 e. The number of aromatic nitrogens is 3. The molecule has 0 spiro atoms. The normalized spacial score (nSPS) is 10.4. The summed E-state index contributed by atoms with van der Waals surface area (Å²) >= 11 is 1.19. The molecule has 0 aliphatic carbocycles. The summed E-state index contributed by atoms with van der Waals surface area (Å²) in [6.45, 7) is 3.55. The standard InChI is InChI=1S/C15H17N5O4S/c1-8(2)12-11(14(23)24-3)20-15(25-12)19-10(21)7-18-13(22)9-6-16-4-5-17-9/h4-6,8H,7H2,1-3H3,(H,18,22)(H,19,20,21). The van der Waals surface area contributed by atoms with Crippen LogP contribution >= 0.6 is 11.3 Å². The highest BCUT2D eigenvalue weighted by Crippen LogP contribution is 2.30. The van der Waals surface area contributed by atoms with Gasteiger partial charge >= 0.3 is 5.97 Å². The molecule has 0 aliphatic rings. The molecular weight excluding hydrogens is 346 g/mol. The number of hydrogen-bond acceptors (Lipinski definition) is 8. The fraction of sp³-hybridized carbons (Fsp3) is 0.333. The second kappa shape index (κ2) is 8.29. The first-order valence-corrected chi connectivity index (χ1v) is 8.17. The molecule has 0 saturated carbocycles. The van der Waals surface area contributed by atoms with Gasteiger partial charge in [0.15, 0.2) is 10.8 Å². The van der Waals surface area contributed by atoms with Crippen molar-refractivity contribution in [2.75, 3.05) is 19.0 Å². The van der Waals surface area contributed by atoms with Gasteiger partial charge in [-0.05, 0) is 5.92 Å². The molecule has 0 radical (unpaired) electrons. The highest BCUT2D eigenvalue weighted by atomic mass is 32.1. The van der Waals surface area contributed by atoms with E-state index in [0.717, 1.165) is 0 Å². The third kappa shape index (κ3) is 4.80. The Labute approximate surface area is 147 Å². The van der Waals surface area contributed by atoms with Gasteiger partial charge < -0.3 is 15.4 Å². The van der Waals surface area contributed by atoms with Gasteiger partial charge in [0.25, 0.3) is 5.91 Å². The number of ether oxygens (including phenoxy) is 1. The van der Waals surface area contributed by atoms with Crippen molar-refractivity contribution in [1.29, 1.82) is 0 Å². The molecule has 2 N–H and O–H groups in total. The van der Waals surface area contributed by atoms with Crippen LogP contribution in [0.25, 0.3) is 0 Å².